The van der Waals surface area contributed by atoms with Crippen LogP contribution in [0.4, 0.5) is 0 Å². The largest absolute Gasteiger partial charge is 0.216 e. The van der Waals surface area contributed by atoms with Crippen LogP contribution in [-0.4, -0.2) is 0 Å². The van der Waals surface area contributed by atoms with Gasteiger partial charge in [-0.1, -0.05) is 126 Å². The maximum absolute atomic E-state index is 9.23. The molecule has 5 heterocycles. The van der Waals surface area contributed by atoms with E-state index in [0.717, 1.165) is 42.5 Å². The Hall–Kier alpha value is -8.15. The Kier molecular flexibility index (Phi) is 22.9. The topological polar surface area (TPSA) is 19.4 Å². The first-order valence-corrected chi connectivity index (χ1v) is 32.7. The van der Waals surface area contributed by atoms with Gasteiger partial charge in [-0.2, -0.15) is 0 Å². The van der Waals surface area contributed by atoms with Gasteiger partial charge in [-0.15, -0.1) is 0 Å². The van der Waals surface area contributed by atoms with Crippen molar-refractivity contribution in [3.63, 3.8) is 0 Å². The van der Waals surface area contributed by atoms with Gasteiger partial charge in [0.15, 0.2) is 31.0 Å². The molecule has 90 heavy (non-hydrogen) atoms. The third-order valence-corrected chi connectivity index (χ3v) is 17.7. The second-order valence-corrected chi connectivity index (χ2v) is 26.8. The van der Waals surface area contributed by atoms with Crippen LogP contribution in [0.3, 0.4) is 0 Å². The summed E-state index contributed by atoms with van der Waals surface area (Å²) in [5.41, 5.74) is 31.8. The molecule has 2 atom stereocenters. The van der Waals surface area contributed by atoms with Gasteiger partial charge in [0.1, 0.15) is 35.2 Å². The van der Waals surface area contributed by atoms with Crippen molar-refractivity contribution in [1.29, 1.82) is 0 Å². The number of hydrogen-bond donors (Lipinski definition) is 0. The number of nitrogens with zero attached hydrogens (tertiary/aromatic N) is 5. The Bertz CT molecular complexity index is 4050. The fourth-order valence-electron chi connectivity index (χ4n) is 12.6. The lowest BCUT2D eigenvalue weighted by Gasteiger charge is -2.35. The van der Waals surface area contributed by atoms with Crippen molar-refractivity contribution in [2.24, 2.45) is 40.7 Å². The lowest BCUT2D eigenvalue weighted by Crippen LogP contribution is -2.35. The van der Waals surface area contributed by atoms with Crippen LogP contribution in [0.5, 0.6) is 0 Å². The van der Waals surface area contributed by atoms with Gasteiger partial charge in [0.25, 0.3) is 0 Å². The van der Waals surface area contributed by atoms with E-state index in [1.165, 1.54) is 123 Å². The molecule has 0 amide bonds. The van der Waals surface area contributed by atoms with Crippen LogP contribution in [-0.2, 0) is 54.5 Å². The quantitative estimate of drug-likeness (QED) is 0.135. The Balaban J connectivity index is 0.000000164. The molecule has 5 aromatic heterocycles. The molecule has 1 aliphatic carbocycles. The smallest absolute Gasteiger partial charge is 0.201 e. The molecule has 5 aromatic carbocycles. The number of fused-ring (bicyclic) bond motifs is 1. The first-order chi connectivity index (χ1) is 43.5. The van der Waals surface area contributed by atoms with Gasteiger partial charge in [-0.3, -0.25) is 0 Å². The van der Waals surface area contributed by atoms with Crippen molar-refractivity contribution in [1.82, 2.24) is 0 Å². The molecule has 0 bridgehead atoms. The molecule has 2 unspecified atom stereocenters. The number of aryl methyl sites for hydroxylation is 17. The standard InChI is InChI=1S/C21H28N.C17H22N.2C16H20N.C15H18N/c1-15-9-6-7-10-16(15)20-18-11-8-12-19(21(2,3)4)17(18)13-14-22(20)5;1-12(2)15-7-8-16(14(4)10-15)17-9-6-13(3)11-18(17)5;1-5-14-7-8-15(13(3)10-14)16-9-6-12(2)11-17(16)4;1-5-14-7-9-16(17(4)11-14)15-8-6-12(2)10-13(15)3;1-11-5-7-14(13(3)9-11)15-8-6-12(2)10-16(15)4/h6-7,9-10,13-14,19H,8,11-12H2,1-5H3;6-12H,1-5H3;2*6-11H,5H2,1-4H3;5-10H,1-4H3/q5*+1/i11D,19D;;;;. The van der Waals surface area contributed by atoms with Gasteiger partial charge < -0.3 is 0 Å². The van der Waals surface area contributed by atoms with E-state index in [0.29, 0.717) is 5.92 Å². The predicted molar refractivity (Wildman–Crippen MR) is 381 cm³/mol. The molecule has 0 aliphatic heterocycles. The highest BCUT2D eigenvalue weighted by Crippen LogP contribution is 2.45. The summed E-state index contributed by atoms with van der Waals surface area (Å²) in [6.45, 7) is 36.8. The van der Waals surface area contributed by atoms with E-state index in [4.69, 9.17) is 1.37 Å². The van der Waals surface area contributed by atoms with E-state index in [9.17, 15) is 1.37 Å². The van der Waals surface area contributed by atoms with E-state index < -0.39 is 5.89 Å². The summed E-state index contributed by atoms with van der Waals surface area (Å²) < 4.78 is 28.9. The molecular formula is C85H108N5+5. The Labute approximate surface area is 547 Å². The van der Waals surface area contributed by atoms with Crippen molar-refractivity contribution < 1.29 is 25.6 Å². The Morgan fingerprint density at radius 3 is 1.26 bits per heavy atom. The minimum absolute atomic E-state index is 0.162. The predicted octanol–water partition coefficient (Wildman–Crippen LogP) is 18.7. The molecule has 0 saturated heterocycles. The first-order valence-electron chi connectivity index (χ1n) is 33.8. The molecule has 0 saturated carbocycles. The zero-order valence-corrected chi connectivity index (χ0v) is 59.0. The summed E-state index contributed by atoms with van der Waals surface area (Å²) in [5, 5.41) is 0. The molecule has 0 N–H and O–H groups in total. The van der Waals surface area contributed by atoms with Gasteiger partial charge in [0, 0.05) is 88.7 Å². The van der Waals surface area contributed by atoms with Gasteiger partial charge in [-0.25, -0.2) is 22.8 Å². The Morgan fingerprint density at radius 2 is 0.844 bits per heavy atom. The SMILES string of the molecule is CCc1ccc(-c2ccc(C)c[n+]2C)c(C)c1.CCc1ccc(-c2ccc(C)cc2C)[n+](C)c1.Cc1ccc(-c2ccc(C(C)C)cc2C)[n+](C)c1.Cc1ccc(-c2ccc(C)c[n+]2C)c(C)c1.[2H]C1CCC([2H])(C(C)(C)C)c2cc[n+](C)c(-c3ccccc3C)c21. The third-order valence-electron chi connectivity index (χ3n) is 17.7. The molecule has 10 aromatic rings. The van der Waals surface area contributed by atoms with Crippen LogP contribution < -0.4 is 22.8 Å². The maximum Gasteiger partial charge on any atom is 0.216 e. The molecule has 1 aliphatic rings. The number of pyridine rings is 5. The lowest BCUT2D eigenvalue weighted by atomic mass is 9.69. The summed E-state index contributed by atoms with van der Waals surface area (Å²) in [6.07, 6.45) is 14.2. The van der Waals surface area contributed by atoms with Gasteiger partial charge in [-0.05, 0) is 218 Å². The summed E-state index contributed by atoms with van der Waals surface area (Å²) in [6, 6.07) is 54.7. The van der Waals surface area contributed by atoms with Crippen molar-refractivity contribution in [3.05, 3.63) is 266 Å². The zero-order chi connectivity index (χ0) is 67.5. The van der Waals surface area contributed by atoms with Crippen LogP contribution in [0.25, 0.3) is 56.3 Å². The normalized spacial score (nSPS) is 14.5. The third kappa shape index (κ3) is 17.6. The molecule has 468 valence electrons. The summed E-state index contributed by atoms with van der Waals surface area (Å²) in [5.74, 6) is -0.0597. The summed E-state index contributed by atoms with van der Waals surface area (Å²) in [4.78, 5) is 0. The second-order valence-electron chi connectivity index (χ2n) is 26.8. The van der Waals surface area contributed by atoms with Gasteiger partial charge >= 0.3 is 0 Å². The minimum atomic E-state index is -0.647. The van der Waals surface area contributed by atoms with E-state index >= 15 is 0 Å². The van der Waals surface area contributed by atoms with Crippen molar-refractivity contribution in [2.45, 2.75) is 162 Å². The number of aromatic nitrogens is 5. The minimum Gasteiger partial charge on any atom is -0.201 e. The van der Waals surface area contributed by atoms with Gasteiger partial charge in [0.05, 0.1) is 0 Å². The molecule has 11 rings (SSSR count). The number of hydrogen-bond acceptors (Lipinski definition) is 0. The number of benzene rings is 5. The lowest BCUT2D eigenvalue weighted by molar-refractivity contribution is -0.661. The molecule has 0 spiro atoms. The van der Waals surface area contributed by atoms with Crippen LogP contribution in [0.15, 0.2) is 183 Å². The van der Waals surface area contributed by atoms with Crippen molar-refractivity contribution in [3.8, 4) is 56.3 Å². The molecule has 5 nitrogen and oxygen atoms in total. The molecular weight excluding hydrogens is 1090 g/mol. The van der Waals surface area contributed by atoms with Crippen molar-refractivity contribution in [2.75, 3.05) is 0 Å². The van der Waals surface area contributed by atoms with E-state index in [1.807, 2.05) is 7.05 Å². The van der Waals surface area contributed by atoms with Crippen LogP contribution >= 0.6 is 0 Å². The highest BCUT2D eigenvalue weighted by molar-refractivity contribution is 5.67. The number of rotatable bonds is 8. The van der Waals surface area contributed by atoms with E-state index in [2.05, 4.69) is 351 Å². The van der Waals surface area contributed by atoms with Crippen LogP contribution in [0, 0.1) is 74.7 Å². The summed E-state index contributed by atoms with van der Waals surface area (Å²) >= 11 is 0. The van der Waals surface area contributed by atoms with E-state index in [1.54, 1.807) is 0 Å². The highest BCUT2D eigenvalue weighted by atomic mass is 14.9. The zero-order valence-electron chi connectivity index (χ0n) is 61.0. The van der Waals surface area contributed by atoms with E-state index in [-0.39, 0.29) is 11.8 Å². The average Bonchev–Trinajstić information content (AvgIpc) is 0.731. The highest BCUT2D eigenvalue weighted by Gasteiger charge is 2.34. The first kappa shape index (κ1) is 66.3. The van der Waals surface area contributed by atoms with Gasteiger partial charge in [0.2, 0.25) is 28.5 Å². The Morgan fingerprint density at radius 1 is 0.433 bits per heavy atom. The fourth-order valence-corrected chi connectivity index (χ4v) is 12.6. The second kappa shape index (κ2) is 31.0. The van der Waals surface area contributed by atoms with Crippen LogP contribution in [0.1, 0.15) is 159 Å². The monoisotopic (exact) mass is 1200 g/mol. The molecule has 0 radical (unpaired) electrons. The molecule has 0 fully saturated rings. The van der Waals surface area contributed by atoms with Crippen LogP contribution in [0.2, 0.25) is 0 Å². The van der Waals surface area contributed by atoms with Crippen molar-refractivity contribution >= 4 is 0 Å². The molecule has 5 heteroatoms. The summed E-state index contributed by atoms with van der Waals surface area (Å²) in [7, 11) is 10.5. The fraction of sp³-hybridized carbons (Fsp3) is 0.353. The average molecular weight is 1200 g/mol. The maximum atomic E-state index is 9.23.